The lowest BCUT2D eigenvalue weighted by molar-refractivity contribution is -0.197. The molecule has 178 valence electrons. The lowest BCUT2D eigenvalue weighted by Gasteiger charge is -2.12. The number of carbonyl (C=O) groups excluding carboxylic acids is 6. The second kappa shape index (κ2) is 13.6. The van der Waals surface area contributed by atoms with Crippen LogP contribution < -0.4 is 0 Å². The van der Waals surface area contributed by atoms with Gasteiger partial charge in [0.25, 0.3) is 23.6 Å². The van der Waals surface area contributed by atoms with Crippen molar-refractivity contribution in [3.05, 3.63) is 0 Å². The van der Waals surface area contributed by atoms with E-state index in [1.807, 2.05) is 0 Å². The van der Waals surface area contributed by atoms with Gasteiger partial charge in [-0.2, -0.15) is 0 Å². The van der Waals surface area contributed by atoms with E-state index in [1.54, 1.807) is 0 Å². The third-order valence-electron chi connectivity index (χ3n) is 5.41. The second-order valence-electron chi connectivity index (χ2n) is 8.13. The predicted molar refractivity (Wildman–Crippen MR) is 110 cm³/mol. The molecule has 32 heavy (non-hydrogen) atoms. The molecule has 2 heterocycles. The molecule has 0 unspecified atom stereocenters. The van der Waals surface area contributed by atoms with Gasteiger partial charge in [-0.25, -0.2) is 9.59 Å². The van der Waals surface area contributed by atoms with Gasteiger partial charge >= 0.3 is 11.9 Å². The summed E-state index contributed by atoms with van der Waals surface area (Å²) >= 11 is 0. The van der Waals surface area contributed by atoms with E-state index in [4.69, 9.17) is 9.68 Å². The van der Waals surface area contributed by atoms with Crippen molar-refractivity contribution in [1.82, 2.24) is 10.1 Å². The van der Waals surface area contributed by atoms with Crippen molar-refractivity contribution in [2.75, 3.05) is 0 Å². The first-order chi connectivity index (χ1) is 15.4. The van der Waals surface area contributed by atoms with Gasteiger partial charge in [-0.15, -0.1) is 10.1 Å². The summed E-state index contributed by atoms with van der Waals surface area (Å²) in [7, 11) is 0. The first kappa shape index (κ1) is 25.5. The van der Waals surface area contributed by atoms with Crippen molar-refractivity contribution in [3.63, 3.8) is 0 Å². The highest BCUT2D eigenvalue weighted by molar-refractivity contribution is 6.02. The van der Waals surface area contributed by atoms with Crippen LogP contribution in [-0.4, -0.2) is 45.7 Å². The fourth-order valence-electron chi connectivity index (χ4n) is 3.56. The topological polar surface area (TPSA) is 127 Å². The molecule has 0 aromatic rings. The Labute approximate surface area is 187 Å². The van der Waals surface area contributed by atoms with E-state index in [2.05, 4.69) is 0 Å². The zero-order chi connectivity index (χ0) is 23.3. The van der Waals surface area contributed by atoms with E-state index < -0.39 is 35.6 Å². The van der Waals surface area contributed by atoms with Gasteiger partial charge in [-0.1, -0.05) is 51.4 Å². The molecule has 2 aliphatic rings. The van der Waals surface area contributed by atoms with Crippen molar-refractivity contribution in [2.24, 2.45) is 0 Å². The lowest BCUT2D eigenvalue weighted by atomic mass is 10.1. The molecule has 0 spiro atoms. The number of carbonyl (C=O) groups is 6. The Morgan fingerprint density at radius 2 is 0.750 bits per heavy atom. The molecule has 0 aromatic carbocycles. The van der Waals surface area contributed by atoms with Gasteiger partial charge in [-0.05, 0) is 12.8 Å². The predicted octanol–water partition coefficient (Wildman–Crippen LogP) is 2.88. The molecule has 2 aliphatic heterocycles. The summed E-state index contributed by atoms with van der Waals surface area (Å²) in [6.45, 7) is 0. The molecule has 0 N–H and O–H groups in total. The first-order valence-corrected chi connectivity index (χ1v) is 11.5. The average Bonchev–Trinajstić information content (AvgIpc) is 3.24. The van der Waals surface area contributed by atoms with Crippen molar-refractivity contribution in [2.45, 2.75) is 103 Å². The summed E-state index contributed by atoms with van der Waals surface area (Å²) in [6, 6.07) is 0. The maximum Gasteiger partial charge on any atom is 0.333 e. The third kappa shape index (κ3) is 8.76. The molecule has 2 rings (SSSR count). The summed E-state index contributed by atoms with van der Waals surface area (Å²) in [5, 5.41) is 1.17. The largest absolute Gasteiger partial charge is 0.333 e. The summed E-state index contributed by atoms with van der Waals surface area (Å²) < 4.78 is 0. The fourth-order valence-corrected chi connectivity index (χ4v) is 3.56. The van der Waals surface area contributed by atoms with Crippen LogP contribution in [0.15, 0.2) is 0 Å². The molecule has 0 radical (unpaired) electrons. The van der Waals surface area contributed by atoms with E-state index in [1.165, 1.54) is 0 Å². The number of hydrogen-bond donors (Lipinski definition) is 0. The Balaban J connectivity index is 1.35. The number of nitrogens with zero attached hydrogens (tertiary/aromatic N) is 2. The third-order valence-corrected chi connectivity index (χ3v) is 5.41. The molecule has 0 saturated carbocycles. The Morgan fingerprint density at radius 3 is 1.03 bits per heavy atom. The van der Waals surface area contributed by atoms with Crippen LogP contribution in [0, 0.1) is 0 Å². The number of imide groups is 2. The molecular weight excluding hydrogens is 420 g/mol. The van der Waals surface area contributed by atoms with E-state index in [-0.39, 0.29) is 38.5 Å². The van der Waals surface area contributed by atoms with Gasteiger partial charge in [0.2, 0.25) is 0 Å². The molecule has 0 aromatic heterocycles. The summed E-state index contributed by atoms with van der Waals surface area (Å²) in [5.74, 6) is -2.93. The van der Waals surface area contributed by atoms with Crippen molar-refractivity contribution >= 4 is 35.6 Å². The van der Waals surface area contributed by atoms with Crippen LogP contribution in [-0.2, 0) is 38.4 Å². The minimum atomic E-state index is -0.545. The maximum atomic E-state index is 11.7. The van der Waals surface area contributed by atoms with Crippen LogP contribution >= 0.6 is 0 Å². The lowest BCUT2D eigenvalue weighted by Crippen LogP contribution is -2.31. The van der Waals surface area contributed by atoms with Gasteiger partial charge in [0, 0.05) is 38.5 Å². The molecule has 2 fully saturated rings. The number of amides is 4. The summed E-state index contributed by atoms with van der Waals surface area (Å²) in [4.78, 5) is 78.5. The fraction of sp³-hybridized carbons (Fsp3) is 0.727. The van der Waals surface area contributed by atoms with Crippen LogP contribution in [0.5, 0.6) is 0 Å². The average molecular weight is 453 g/mol. The highest BCUT2D eigenvalue weighted by atomic mass is 16.7. The highest BCUT2D eigenvalue weighted by Crippen LogP contribution is 2.16. The minimum absolute atomic E-state index is 0.0989. The standard InChI is InChI=1S/C22H32N2O8/c25-17-13-14-18(26)23(17)31-21(29)11-9-7-5-3-1-2-4-6-8-10-12-22(30)32-24-19(27)15-16-20(24)28/h1-16H2. The van der Waals surface area contributed by atoms with E-state index in [0.29, 0.717) is 23.0 Å². The summed E-state index contributed by atoms with van der Waals surface area (Å²) in [5.41, 5.74) is 0. The molecule has 2 saturated heterocycles. The van der Waals surface area contributed by atoms with Crippen molar-refractivity contribution in [1.29, 1.82) is 0 Å². The van der Waals surface area contributed by atoms with Gasteiger partial charge < -0.3 is 9.68 Å². The highest BCUT2D eigenvalue weighted by Gasteiger charge is 2.33. The smallest absolute Gasteiger partial charge is 0.330 e. The van der Waals surface area contributed by atoms with Crippen molar-refractivity contribution in [3.8, 4) is 0 Å². The molecule has 4 amide bonds. The Morgan fingerprint density at radius 1 is 0.500 bits per heavy atom. The SMILES string of the molecule is O=C(CCCCCCCCCCCCC(=O)ON1C(=O)CCC1=O)ON1C(=O)CCC1=O. The Bertz CT molecular complexity index is 629. The molecule has 10 heteroatoms. The van der Waals surface area contributed by atoms with E-state index in [0.717, 1.165) is 51.4 Å². The minimum Gasteiger partial charge on any atom is -0.330 e. The number of unbranched alkanes of at least 4 members (excludes halogenated alkanes) is 9. The van der Waals surface area contributed by atoms with Gasteiger partial charge in [0.1, 0.15) is 0 Å². The monoisotopic (exact) mass is 452 g/mol. The molecule has 10 nitrogen and oxygen atoms in total. The van der Waals surface area contributed by atoms with Crippen LogP contribution in [0.25, 0.3) is 0 Å². The van der Waals surface area contributed by atoms with E-state index >= 15 is 0 Å². The summed E-state index contributed by atoms with van der Waals surface area (Å²) in [6.07, 6.45) is 10.3. The zero-order valence-electron chi connectivity index (χ0n) is 18.5. The van der Waals surface area contributed by atoms with E-state index in [9.17, 15) is 28.8 Å². The Kier molecular flexibility index (Phi) is 10.8. The first-order valence-electron chi connectivity index (χ1n) is 11.5. The van der Waals surface area contributed by atoms with Gasteiger partial charge in [-0.3, -0.25) is 19.2 Å². The van der Waals surface area contributed by atoms with Crippen LogP contribution in [0.4, 0.5) is 0 Å². The number of rotatable bonds is 15. The van der Waals surface area contributed by atoms with Crippen LogP contribution in [0.1, 0.15) is 103 Å². The Hall–Kier alpha value is -2.78. The van der Waals surface area contributed by atoms with Gasteiger partial charge in [0.15, 0.2) is 0 Å². The quantitative estimate of drug-likeness (QED) is 0.274. The van der Waals surface area contributed by atoms with Crippen molar-refractivity contribution < 1.29 is 38.4 Å². The molecule has 0 bridgehead atoms. The maximum absolute atomic E-state index is 11.7. The molecule has 0 atom stereocenters. The second-order valence-corrected chi connectivity index (χ2v) is 8.13. The zero-order valence-corrected chi connectivity index (χ0v) is 18.5. The number of hydroxylamine groups is 4. The molecule has 0 aliphatic carbocycles. The van der Waals surface area contributed by atoms with Crippen LogP contribution in [0.3, 0.4) is 0 Å². The normalized spacial score (nSPS) is 16.2. The number of hydrogen-bond acceptors (Lipinski definition) is 8. The molecular formula is C22H32N2O8. The van der Waals surface area contributed by atoms with Crippen LogP contribution in [0.2, 0.25) is 0 Å². The van der Waals surface area contributed by atoms with Gasteiger partial charge in [0.05, 0.1) is 0 Å².